The highest BCUT2D eigenvalue weighted by molar-refractivity contribution is 6.16. The van der Waals surface area contributed by atoms with Gasteiger partial charge in [0.1, 0.15) is 6.07 Å². The van der Waals surface area contributed by atoms with Crippen molar-refractivity contribution in [2.24, 2.45) is 0 Å². The van der Waals surface area contributed by atoms with Gasteiger partial charge in [-0.2, -0.15) is 5.26 Å². The molecule has 0 amide bonds. The number of anilines is 3. The van der Waals surface area contributed by atoms with E-state index in [9.17, 15) is 5.26 Å². The second-order valence-corrected chi connectivity index (χ2v) is 19.0. The van der Waals surface area contributed by atoms with Gasteiger partial charge < -0.3 is 14.0 Å². The van der Waals surface area contributed by atoms with Crippen molar-refractivity contribution in [2.75, 3.05) is 4.90 Å². The molecule has 3 heterocycles. The highest BCUT2D eigenvalue weighted by atomic mass is 15.2. The van der Waals surface area contributed by atoms with E-state index in [2.05, 4.69) is 275 Å². The van der Waals surface area contributed by atoms with E-state index in [0.717, 1.165) is 94.3 Å². The smallest absolute Gasteiger partial charge is 0.101 e. The average Bonchev–Trinajstić information content (AvgIpc) is 4.08. The van der Waals surface area contributed by atoms with Crippen LogP contribution in [0.15, 0.2) is 255 Å². The molecule has 1 aliphatic heterocycles. The summed E-state index contributed by atoms with van der Waals surface area (Å²) in [5.41, 5.74) is 20.1. The van der Waals surface area contributed by atoms with E-state index in [0.29, 0.717) is 5.56 Å². The van der Waals surface area contributed by atoms with Gasteiger partial charge in [0.05, 0.1) is 61.5 Å². The lowest BCUT2D eigenvalue weighted by Crippen LogP contribution is -2.36. The maximum Gasteiger partial charge on any atom is 0.101 e. The Balaban J connectivity index is 1.25. The number of fused-ring (bicyclic) bond motifs is 15. The fourth-order valence-corrected chi connectivity index (χ4v) is 12.9. The summed E-state index contributed by atoms with van der Waals surface area (Å²) in [5, 5.41) is 16.8. The van der Waals surface area contributed by atoms with Gasteiger partial charge in [0.25, 0.3) is 0 Å². The van der Waals surface area contributed by atoms with Gasteiger partial charge in [-0.3, -0.25) is 0 Å². The minimum Gasteiger partial charge on any atom is -0.306 e. The highest BCUT2D eigenvalue weighted by Gasteiger charge is 2.52. The van der Waals surface area contributed by atoms with Gasteiger partial charge in [0.2, 0.25) is 0 Å². The van der Waals surface area contributed by atoms with Crippen molar-refractivity contribution < 1.29 is 0 Å². The molecule has 0 atom stereocenters. The zero-order chi connectivity index (χ0) is 47.5. The number of benzene rings is 11. The second-order valence-electron chi connectivity index (χ2n) is 19.0. The van der Waals surface area contributed by atoms with E-state index >= 15 is 0 Å². The molecule has 13 aromatic rings. The van der Waals surface area contributed by atoms with Crippen LogP contribution in [0.1, 0.15) is 27.8 Å². The molecule has 334 valence electrons. The summed E-state index contributed by atoms with van der Waals surface area (Å²) in [6, 6.07) is 95.3. The molecule has 0 bridgehead atoms. The third-order valence-electron chi connectivity index (χ3n) is 15.5. The van der Waals surface area contributed by atoms with Crippen LogP contribution in [0.2, 0.25) is 0 Å². The fraction of sp³-hybridized carbons (Fsp3) is 0.0147. The maximum atomic E-state index is 12.3. The number of nitrogens with zero attached hydrogens (tertiary/aromatic N) is 4. The molecule has 1 aliphatic carbocycles. The second kappa shape index (κ2) is 15.4. The molecule has 11 aromatic carbocycles. The van der Waals surface area contributed by atoms with E-state index in [1.54, 1.807) is 0 Å². The Morgan fingerprint density at radius 1 is 0.306 bits per heavy atom. The van der Waals surface area contributed by atoms with E-state index < -0.39 is 5.41 Å². The molecule has 2 aliphatic rings. The maximum absolute atomic E-state index is 12.3. The van der Waals surface area contributed by atoms with Crippen LogP contribution in [0, 0.1) is 11.3 Å². The van der Waals surface area contributed by atoms with E-state index in [-0.39, 0.29) is 0 Å². The molecule has 72 heavy (non-hydrogen) atoms. The van der Waals surface area contributed by atoms with Crippen LogP contribution in [0.3, 0.4) is 0 Å². The summed E-state index contributed by atoms with van der Waals surface area (Å²) >= 11 is 0. The van der Waals surface area contributed by atoms with Crippen LogP contribution < -0.4 is 4.90 Å². The Kier molecular flexibility index (Phi) is 8.61. The number of para-hydroxylation sites is 6. The topological polar surface area (TPSA) is 36.9 Å². The highest BCUT2D eigenvalue weighted by Crippen LogP contribution is 2.65. The molecule has 0 radical (unpaired) electrons. The molecule has 0 unspecified atom stereocenters. The minimum absolute atomic E-state index is 0.596. The van der Waals surface area contributed by atoms with Gasteiger partial charge in [-0.15, -0.1) is 0 Å². The first-order valence-corrected chi connectivity index (χ1v) is 24.7. The molecule has 0 fully saturated rings. The van der Waals surface area contributed by atoms with Gasteiger partial charge in [0, 0.05) is 32.7 Å². The zero-order valence-corrected chi connectivity index (χ0v) is 39.0. The largest absolute Gasteiger partial charge is 0.306 e. The van der Waals surface area contributed by atoms with Crippen LogP contribution in [0.5, 0.6) is 0 Å². The number of hydrogen-bond acceptors (Lipinski definition) is 2. The van der Waals surface area contributed by atoms with Gasteiger partial charge in [-0.25, -0.2) is 0 Å². The van der Waals surface area contributed by atoms with Crippen LogP contribution in [-0.4, -0.2) is 9.13 Å². The quantitative estimate of drug-likeness (QED) is 0.172. The molecular weight excluding hydrogens is 873 g/mol. The summed E-state index contributed by atoms with van der Waals surface area (Å²) < 4.78 is 4.93. The Morgan fingerprint density at radius 2 is 0.625 bits per heavy atom. The Morgan fingerprint density at radius 3 is 1.01 bits per heavy atom. The molecule has 1 spiro atoms. The first-order valence-electron chi connectivity index (χ1n) is 24.7. The first-order chi connectivity index (χ1) is 35.8. The molecule has 0 saturated heterocycles. The summed E-state index contributed by atoms with van der Waals surface area (Å²) in [6.45, 7) is 0. The third-order valence-corrected chi connectivity index (χ3v) is 15.5. The number of hydrogen-bond donors (Lipinski definition) is 0. The Hall–Kier alpha value is -9.69. The minimum atomic E-state index is -0.645. The van der Waals surface area contributed by atoms with Crippen molar-refractivity contribution in [3.63, 3.8) is 0 Å². The predicted molar refractivity (Wildman–Crippen MR) is 296 cm³/mol. The molecule has 0 N–H and O–H groups in total. The molecule has 15 rings (SSSR count). The van der Waals surface area contributed by atoms with Gasteiger partial charge in [0.15, 0.2) is 0 Å². The Labute approximate surface area is 416 Å². The average molecular weight is 915 g/mol. The molecular formula is C68H42N4. The van der Waals surface area contributed by atoms with Gasteiger partial charge in [-0.05, 0) is 80.9 Å². The molecule has 0 saturated carbocycles. The van der Waals surface area contributed by atoms with Crippen molar-refractivity contribution in [1.29, 1.82) is 5.26 Å². The monoisotopic (exact) mass is 914 g/mol. The molecule has 4 nitrogen and oxygen atoms in total. The van der Waals surface area contributed by atoms with E-state index in [4.69, 9.17) is 0 Å². The fourth-order valence-electron chi connectivity index (χ4n) is 12.9. The van der Waals surface area contributed by atoms with Crippen LogP contribution in [0.25, 0.3) is 88.4 Å². The van der Waals surface area contributed by atoms with Crippen LogP contribution in [-0.2, 0) is 5.41 Å². The van der Waals surface area contributed by atoms with Crippen molar-refractivity contribution >= 4 is 60.7 Å². The van der Waals surface area contributed by atoms with Gasteiger partial charge >= 0.3 is 0 Å². The number of nitriles is 1. The summed E-state index contributed by atoms with van der Waals surface area (Å²) in [4.78, 5) is 2.57. The summed E-state index contributed by atoms with van der Waals surface area (Å²) in [5.74, 6) is 0. The van der Waals surface area contributed by atoms with Gasteiger partial charge in [-0.1, -0.05) is 218 Å². The lowest BCUT2D eigenvalue weighted by atomic mass is 9.64. The van der Waals surface area contributed by atoms with Crippen molar-refractivity contribution in [2.45, 2.75) is 5.41 Å². The molecule has 2 aromatic heterocycles. The lowest BCUT2D eigenvalue weighted by molar-refractivity contribution is 0.752. The van der Waals surface area contributed by atoms with E-state index in [1.807, 2.05) is 0 Å². The normalized spacial score (nSPS) is 13.1. The Bertz CT molecular complexity index is 4040. The number of rotatable bonds is 5. The molecule has 4 heteroatoms. The summed E-state index contributed by atoms with van der Waals surface area (Å²) in [7, 11) is 0. The first kappa shape index (κ1) is 40.2. The van der Waals surface area contributed by atoms with Crippen molar-refractivity contribution in [1.82, 2.24) is 9.13 Å². The predicted octanol–water partition coefficient (Wildman–Crippen LogP) is 17.2. The van der Waals surface area contributed by atoms with E-state index in [1.165, 1.54) is 33.4 Å². The van der Waals surface area contributed by atoms with Crippen molar-refractivity contribution in [3.8, 4) is 50.8 Å². The zero-order valence-electron chi connectivity index (χ0n) is 39.0. The van der Waals surface area contributed by atoms with Crippen LogP contribution >= 0.6 is 0 Å². The van der Waals surface area contributed by atoms with Crippen LogP contribution in [0.4, 0.5) is 17.1 Å². The standard InChI is InChI=1S/C68H42N4/c69-43-52-63(44-23-3-1-4-24-44)65(70-57-37-17-9-29-48(57)49-30-10-18-38-58(49)70)67(66(64(52)45-25-5-2-6-26-45)71-59-39-19-11-31-50(59)51-32-12-20-40-60(51)71)72-61-41-21-15-35-55(61)68(56-36-16-22-42-62(56)72)53-33-13-7-27-46(53)47-28-8-14-34-54(47)68/h1-42H. The number of aromatic nitrogens is 2. The lowest BCUT2D eigenvalue weighted by Gasteiger charge is -2.46. The third kappa shape index (κ3) is 5.29. The van der Waals surface area contributed by atoms with Crippen molar-refractivity contribution in [3.05, 3.63) is 283 Å². The summed E-state index contributed by atoms with van der Waals surface area (Å²) in [6.07, 6.45) is 0. The SMILES string of the molecule is N#Cc1c(-c2ccccc2)c(-n2c3ccccc3c3ccccc32)c(N2c3ccccc3C3(c4ccccc4-c4ccccc43)c3ccccc32)c(-n2c3ccccc3c3ccccc32)c1-c1ccccc1.